The predicted octanol–water partition coefficient (Wildman–Crippen LogP) is 3.00. The van der Waals surface area contributed by atoms with Crippen molar-refractivity contribution in [3.8, 4) is 11.5 Å². The van der Waals surface area contributed by atoms with Gasteiger partial charge in [0, 0.05) is 45.1 Å². The van der Waals surface area contributed by atoms with Gasteiger partial charge in [-0.2, -0.15) is 0 Å². The average molecular weight is 356 g/mol. The normalized spacial score (nSPS) is 11.0. The van der Waals surface area contributed by atoms with E-state index in [9.17, 15) is 0 Å². The summed E-state index contributed by atoms with van der Waals surface area (Å²) in [7, 11) is 9.08. The zero-order valence-corrected chi connectivity index (χ0v) is 16.2. The van der Waals surface area contributed by atoms with Gasteiger partial charge in [-0.25, -0.2) is 0 Å². The number of nitrogens with zero attached hydrogens (tertiary/aromatic N) is 2. The van der Waals surface area contributed by atoms with E-state index in [-0.39, 0.29) is 0 Å². The first kappa shape index (κ1) is 19.4. The SMILES string of the molecule is CN=C(NCCc1ccc(N(C)C)cc1)Nc1ccc(OC)c(OC)c1. The van der Waals surface area contributed by atoms with E-state index >= 15 is 0 Å². The Hall–Kier alpha value is -2.89. The third-order valence-corrected chi connectivity index (χ3v) is 4.03. The van der Waals surface area contributed by atoms with Crippen molar-refractivity contribution in [2.75, 3.05) is 52.1 Å². The second kappa shape index (κ2) is 9.56. The summed E-state index contributed by atoms with van der Waals surface area (Å²) in [6.07, 6.45) is 0.917. The number of hydrogen-bond acceptors (Lipinski definition) is 4. The van der Waals surface area contributed by atoms with Crippen molar-refractivity contribution in [3.05, 3.63) is 48.0 Å². The molecule has 0 aliphatic rings. The summed E-state index contributed by atoms with van der Waals surface area (Å²) in [4.78, 5) is 6.36. The molecular formula is C20H28N4O2. The summed E-state index contributed by atoms with van der Waals surface area (Å²) >= 11 is 0. The van der Waals surface area contributed by atoms with Gasteiger partial charge in [0.1, 0.15) is 0 Å². The van der Waals surface area contributed by atoms with Crippen LogP contribution in [0.25, 0.3) is 0 Å². The molecule has 2 N–H and O–H groups in total. The van der Waals surface area contributed by atoms with Gasteiger partial charge in [-0.05, 0) is 36.2 Å². The number of rotatable bonds is 7. The van der Waals surface area contributed by atoms with Gasteiger partial charge in [-0.3, -0.25) is 4.99 Å². The Balaban J connectivity index is 1.89. The molecule has 6 nitrogen and oxygen atoms in total. The molecule has 0 aliphatic heterocycles. The molecule has 0 aliphatic carbocycles. The zero-order valence-electron chi connectivity index (χ0n) is 16.2. The largest absolute Gasteiger partial charge is 0.493 e. The highest BCUT2D eigenvalue weighted by molar-refractivity contribution is 5.93. The third kappa shape index (κ3) is 5.31. The lowest BCUT2D eigenvalue weighted by atomic mass is 10.1. The zero-order chi connectivity index (χ0) is 18.9. The van der Waals surface area contributed by atoms with Gasteiger partial charge in [0.05, 0.1) is 14.2 Å². The van der Waals surface area contributed by atoms with E-state index in [0.717, 1.165) is 18.7 Å². The van der Waals surface area contributed by atoms with Crippen molar-refractivity contribution in [2.45, 2.75) is 6.42 Å². The molecule has 0 bridgehead atoms. The van der Waals surface area contributed by atoms with Gasteiger partial charge < -0.3 is 25.0 Å². The van der Waals surface area contributed by atoms with E-state index in [2.05, 4.69) is 44.8 Å². The molecule has 0 saturated heterocycles. The highest BCUT2D eigenvalue weighted by Crippen LogP contribution is 2.29. The highest BCUT2D eigenvalue weighted by atomic mass is 16.5. The molecule has 2 aromatic carbocycles. The van der Waals surface area contributed by atoms with Gasteiger partial charge >= 0.3 is 0 Å². The quantitative estimate of drug-likeness (QED) is 0.590. The molecule has 0 heterocycles. The van der Waals surface area contributed by atoms with Crippen LogP contribution in [0.5, 0.6) is 11.5 Å². The minimum absolute atomic E-state index is 0.675. The summed E-state index contributed by atoms with van der Waals surface area (Å²) in [6.45, 7) is 0.786. The Morgan fingerprint density at radius 1 is 1.00 bits per heavy atom. The number of anilines is 2. The molecule has 0 radical (unpaired) electrons. The number of benzene rings is 2. The fourth-order valence-corrected chi connectivity index (χ4v) is 2.52. The molecule has 2 rings (SSSR count). The Bertz CT molecular complexity index is 727. The number of hydrogen-bond donors (Lipinski definition) is 2. The monoisotopic (exact) mass is 356 g/mol. The van der Waals surface area contributed by atoms with Crippen LogP contribution in [0.3, 0.4) is 0 Å². The second-order valence-electron chi connectivity index (χ2n) is 6.00. The number of guanidine groups is 1. The van der Waals surface area contributed by atoms with Crippen LogP contribution in [0.15, 0.2) is 47.5 Å². The van der Waals surface area contributed by atoms with Crippen LogP contribution in [0.4, 0.5) is 11.4 Å². The van der Waals surface area contributed by atoms with Crippen LogP contribution < -0.4 is 25.0 Å². The fourth-order valence-electron chi connectivity index (χ4n) is 2.52. The number of methoxy groups -OCH3 is 2. The molecule has 2 aromatic rings. The van der Waals surface area contributed by atoms with Crippen molar-refractivity contribution in [2.24, 2.45) is 4.99 Å². The maximum Gasteiger partial charge on any atom is 0.195 e. The van der Waals surface area contributed by atoms with Crippen LogP contribution in [-0.4, -0.2) is 47.9 Å². The van der Waals surface area contributed by atoms with E-state index in [1.165, 1.54) is 11.3 Å². The van der Waals surface area contributed by atoms with Crippen molar-refractivity contribution in [1.29, 1.82) is 0 Å². The van der Waals surface area contributed by atoms with Crippen LogP contribution >= 0.6 is 0 Å². The third-order valence-electron chi connectivity index (χ3n) is 4.03. The minimum Gasteiger partial charge on any atom is -0.493 e. The Morgan fingerprint density at radius 2 is 1.69 bits per heavy atom. The lowest BCUT2D eigenvalue weighted by Gasteiger charge is -2.15. The standard InChI is InChI=1S/C20H28N4O2/c1-21-20(23-16-8-11-18(25-4)19(14-16)26-5)22-13-12-15-6-9-17(10-7-15)24(2)3/h6-11,14H,12-13H2,1-5H3,(H2,21,22,23). The predicted molar refractivity (Wildman–Crippen MR) is 109 cm³/mol. The van der Waals surface area contributed by atoms with Crippen LogP contribution in [-0.2, 0) is 6.42 Å². The molecule has 6 heteroatoms. The smallest absolute Gasteiger partial charge is 0.195 e. The summed E-state index contributed by atoms with van der Waals surface area (Å²) in [5.41, 5.74) is 3.36. The fraction of sp³-hybridized carbons (Fsp3) is 0.350. The number of nitrogens with one attached hydrogen (secondary N) is 2. The van der Waals surface area contributed by atoms with Crippen LogP contribution in [0.2, 0.25) is 0 Å². The highest BCUT2D eigenvalue weighted by Gasteiger charge is 2.06. The van der Waals surface area contributed by atoms with Crippen LogP contribution in [0.1, 0.15) is 5.56 Å². The molecule has 0 fully saturated rings. The minimum atomic E-state index is 0.675. The summed E-state index contributed by atoms with van der Waals surface area (Å²) in [5.74, 6) is 2.08. The van der Waals surface area contributed by atoms with Crippen molar-refractivity contribution in [3.63, 3.8) is 0 Å². The Kier molecular flexibility index (Phi) is 7.14. The van der Waals surface area contributed by atoms with E-state index < -0.39 is 0 Å². The lowest BCUT2D eigenvalue weighted by Crippen LogP contribution is -2.32. The second-order valence-corrected chi connectivity index (χ2v) is 6.00. The number of ether oxygens (including phenoxy) is 2. The van der Waals surface area contributed by atoms with Gasteiger partial charge in [0.2, 0.25) is 0 Å². The number of aliphatic imine (C=N–C) groups is 1. The molecule has 0 spiro atoms. The van der Waals surface area contributed by atoms with Crippen molar-refractivity contribution in [1.82, 2.24) is 5.32 Å². The van der Waals surface area contributed by atoms with Gasteiger partial charge in [0.15, 0.2) is 17.5 Å². The summed E-state index contributed by atoms with van der Waals surface area (Å²) in [6, 6.07) is 14.2. The first-order valence-electron chi connectivity index (χ1n) is 8.53. The lowest BCUT2D eigenvalue weighted by molar-refractivity contribution is 0.355. The van der Waals surface area contributed by atoms with E-state index in [1.807, 2.05) is 32.3 Å². The van der Waals surface area contributed by atoms with E-state index in [0.29, 0.717) is 17.5 Å². The molecule has 0 atom stereocenters. The maximum atomic E-state index is 5.33. The maximum absolute atomic E-state index is 5.33. The molecule has 0 unspecified atom stereocenters. The van der Waals surface area contributed by atoms with E-state index in [1.54, 1.807) is 21.3 Å². The molecule has 0 saturated carbocycles. The molecular weight excluding hydrogens is 328 g/mol. The first-order chi connectivity index (χ1) is 12.6. The van der Waals surface area contributed by atoms with Crippen molar-refractivity contribution >= 4 is 17.3 Å². The van der Waals surface area contributed by atoms with Gasteiger partial charge in [-0.15, -0.1) is 0 Å². The van der Waals surface area contributed by atoms with Gasteiger partial charge in [-0.1, -0.05) is 12.1 Å². The molecule has 0 aromatic heterocycles. The van der Waals surface area contributed by atoms with E-state index in [4.69, 9.17) is 9.47 Å². The Labute approximate surface area is 155 Å². The first-order valence-corrected chi connectivity index (χ1v) is 8.53. The molecule has 26 heavy (non-hydrogen) atoms. The topological polar surface area (TPSA) is 58.1 Å². The summed E-state index contributed by atoms with van der Waals surface area (Å²) < 4.78 is 10.6. The molecule has 140 valence electrons. The molecule has 0 amide bonds. The average Bonchev–Trinajstić information content (AvgIpc) is 2.67. The van der Waals surface area contributed by atoms with Crippen LogP contribution in [0, 0.1) is 0 Å². The van der Waals surface area contributed by atoms with Gasteiger partial charge in [0.25, 0.3) is 0 Å². The van der Waals surface area contributed by atoms with Crippen molar-refractivity contribution < 1.29 is 9.47 Å². The summed E-state index contributed by atoms with van der Waals surface area (Å²) in [5, 5.41) is 6.59. The Morgan fingerprint density at radius 3 is 2.27 bits per heavy atom.